The first-order valence-corrected chi connectivity index (χ1v) is 8.74. The number of hydrogen-bond acceptors (Lipinski definition) is 6. The highest BCUT2D eigenvalue weighted by Crippen LogP contribution is 2.22. The van der Waals surface area contributed by atoms with E-state index in [-0.39, 0.29) is 10.6 Å². The van der Waals surface area contributed by atoms with Gasteiger partial charge in [0.2, 0.25) is 0 Å². The van der Waals surface area contributed by atoms with E-state index in [1.165, 1.54) is 12.1 Å². The van der Waals surface area contributed by atoms with Crippen LogP contribution in [0.1, 0.15) is 5.82 Å². The van der Waals surface area contributed by atoms with E-state index >= 15 is 0 Å². The first kappa shape index (κ1) is 15.5. The molecule has 0 saturated carbocycles. The number of hydrogen-bond donors (Lipinski definition) is 1. The lowest BCUT2D eigenvalue weighted by Gasteiger charge is -2.08. The monoisotopic (exact) mass is 327 g/mol. The van der Waals surface area contributed by atoms with Crippen LogP contribution in [0.2, 0.25) is 0 Å². The van der Waals surface area contributed by atoms with Crippen LogP contribution in [0.5, 0.6) is 0 Å². The number of carboxylic acid groups (broad SMARTS) is 1. The molecule has 0 atom stereocenters. The van der Waals surface area contributed by atoms with Gasteiger partial charge in [0.05, 0.1) is 10.6 Å². The molecule has 0 unspecified atom stereocenters. The lowest BCUT2D eigenvalue weighted by atomic mass is 10.3. The van der Waals surface area contributed by atoms with Gasteiger partial charge in [-0.2, -0.15) is 0 Å². The number of rotatable bonds is 5. The molecule has 2 rings (SSSR count). The summed E-state index contributed by atoms with van der Waals surface area (Å²) in [7, 11) is -3.25. The standard InChI is InChI=1S/C12H13N3O4S2/c1-8-13-14-12(20-7-11(16)17)15(8)9-3-5-10(6-4-9)21(2,18)19/h3-6H,7H2,1-2H3,(H,16,17). The van der Waals surface area contributed by atoms with E-state index in [0.717, 1.165) is 18.0 Å². The first-order valence-electron chi connectivity index (χ1n) is 5.86. The molecule has 0 fully saturated rings. The number of thioether (sulfide) groups is 1. The number of aliphatic carboxylic acids is 1. The highest BCUT2D eigenvalue weighted by atomic mass is 32.2. The summed E-state index contributed by atoms with van der Waals surface area (Å²) in [6.07, 6.45) is 1.14. The fraction of sp³-hybridized carbons (Fsp3) is 0.250. The molecule has 21 heavy (non-hydrogen) atoms. The van der Waals surface area contributed by atoms with Crippen molar-refractivity contribution in [3.05, 3.63) is 30.1 Å². The van der Waals surface area contributed by atoms with Gasteiger partial charge in [-0.15, -0.1) is 10.2 Å². The van der Waals surface area contributed by atoms with Crippen LogP contribution in [0.15, 0.2) is 34.3 Å². The Bertz CT molecular complexity index is 766. The van der Waals surface area contributed by atoms with Gasteiger partial charge < -0.3 is 5.11 Å². The molecule has 0 radical (unpaired) electrons. The van der Waals surface area contributed by atoms with Gasteiger partial charge in [-0.25, -0.2) is 8.42 Å². The second-order valence-corrected chi connectivity index (χ2v) is 7.27. The minimum absolute atomic E-state index is 0.125. The van der Waals surface area contributed by atoms with Crippen LogP contribution in [0, 0.1) is 6.92 Å². The highest BCUT2D eigenvalue weighted by Gasteiger charge is 2.14. The average Bonchev–Trinajstić information content (AvgIpc) is 2.76. The van der Waals surface area contributed by atoms with Crippen LogP contribution in [-0.2, 0) is 14.6 Å². The first-order chi connectivity index (χ1) is 9.79. The van der Waals surface area contributed by atoms with E-state index in [4.69, 9.17) is 5.11 Å². The molecule has 2 aromatic rings. The topological polar surface area (TPSA) is 102 Å². The molecule has 1 heterocycles. The average molecular weight is 327 g/mol. The smallest absolute Gasteiger partial charge is 0.313 e. The maximum Gasteiger partial charge on any atom is 0.313 e. The van der Waals surface area contributed by atoms with Crippen LogP contribution in [0.25, 0.3) is 5.69 Å². The van der Waals surface area contributed by atoms with Crippen molar-refractivity contribution in [2.45, 2.75) is 17.0 Å². The molecule has 0 bridgehead atoms. The molecule has 112 valence electrons. The second-order valence-electron chi connectivity index (χ2n) is 4.31. The maximum absolute atomic E-state index is 11.4. The third-order valence-corrected chi connectivity index (χ3v) is 4.69. The molecule has 1 N–H and O–H groups in total. The number of benzene rings is 1. The fourth-order valence-corrected chi connectivity index (χ4v) is 3.05. The normalized spacial score (nSPS) is 11.5. The Morgan fingerprint density at radius 3 is 2.43 bits per heavy atom. The molecule has 0 aliphatic heterocycles. The van der Waals surface area contributed by atoms with Gasteiger partial charge in [0.25, 0.3) is 0 Å². The summed E-state index contributed by atoms with van der Waals surface area (Å²) in [5.74, 6) is -0.478. The SMILES string of the molecule is Cc1nnc(SCC(=O)O)n1-c1ccc(S(C)(=O)=O)cc1. The van der Waals surface area contributed by atoms with Crippen molar-refractivity contribution in [3.8, 4) is 5.69 Å². The number of nitrogens with zero attached hydrogens (tertiary/aromatic N) is 3. The van der Waals surface area contributed by atoms with Gasteiger partial charge in [-0.1, -0.05) is 11.8 Å². The van der Waals surface area contributed by atoms with E-state index in [0.29, 0.717) is 16.7 Å². The summed E-state index contributed by atoms with van der Waals surface area (Å²) >= 11 is 1.05. The molecule has 0 aliphatic rings. The number of aromatic nitrogens is 3. The lowest BCUT2D eigenvalue weighted by molar-refractivity contribution is -0.133. The van der Waals surface area contributed by atoms with Crippen molar-refractivity contribution in [1.82, 2.24) is 14.8 Å². The van der Waals surface area contributed by atoms with Gasteiger partial charge in [0.15, 0.2) is 15.0 Å². The number of sulfone groups is 1. The third kappa shape index (κ3) is 3.61. The Balaban J connectivity index is 2.38. The van der Waals surface area contributed by atoms with E-state index in [1.807, 2.05) is 0 Å². The van der Waals surface area contributed by atoms with Crippen molar-refractivity contribution in [3.63, 3.8) is 0 Å². The molecule has 7 nitrogen and oxygen atoms in total. The van der Waals surface area contributed by atoms with Crippen LogP contribution < -0.4 is 0 Å². The molecule has 0 aliphatic carbocycles. The number of aryl methyl sites for hydroxylation is 1. The second kappa shape index (κ2) is 5.86. The molecule has 1 aromatic carbocycles. The lowest BCUT2D eigenvalue weighted by Crippen LogP contribution is -2.04. The summed E-state index contributed by atoms with van der Waals surface area (Å²) in [4.78, 5) is 10.9. The minimum atomic E-state index is -3.25. The molecular formula is C12H13N3O4S2. The van der Waals surface area contributed by atoms with Crippen LogP contribution in [-0.4, -0.2) is 46.3 Å². The summed E-state index contributed by atoms with van der Waals surface area (Å²) in [5.41, 5.74) is 0.679. The Morgan fingerprint density at radius 2 is 1.90 bits per heavy atom. The van der Waals surface area contributed by atoms with Crippen LogP contribution in [0.4, 0.5) is 0 Å². The Morgan fingerprint density at radius 1 is 1.29 bits per heavy atom. The van der Waals surface area contributed by atoms with E-state index in [9.17, 15) is 13.2 Å². The molecule has 0 spiro atoms. The zero-order valence-electron chi connectivity index (χ0n) is 11.3. The zero-order valence-corrected chi connectivity index (χ0v) is 13.0. The predicted octanol–water partition coefficient (Wildman–Crippen LogP) is 1.16. The van der Waals surface area contributed by atoms with Crippen molar-refractivity contribution < 1.29 is 18.3 Å². The van der Waals surface area contributed by atoms with Crippen molar-refractivity contribution in [1.29, 1.82) is 0 Å². The Hall–Kier alpha value is -1.87. The van der Waals surface area contributed by atoms with Gasteiger partial charge >= 0.3 is 5.97 Å². The van der Waals surface area contributed by atoms with Gasteiger partial charge in [0.1, 0.15) is 5.82 Å². The maximum atomic E-state index is 11.4. The van der Waals surface area contributed by atoms with Crippen molar-refractivity contribution in [2.75, 3.05) is 12.0 Å². The molecule has 9 heteroatoms. The summed E-state index contributed by atoms with van der Waals surface area (Å²) in [5, 5.41) is 17.0. The largest absolute Gasteiger partial charge is 0.481 e. The Labute approximate surface area is 125 Å². The van der Waals surface area contributed by atoms with E-state index in [2.05, 4.69) is 10.2 Å². The quantitative estimate of drug-likeness (QED) is 0.822. The predicted molar refractivity (Wildman–Crippen MR) is 77.6 cm³/mol. The number of carbonyl (C=O) groups is 1. The van der Waals surface area contributed by atoms with Gasteiger partial charge in [0, 0.05) is 11.9 Å². The van der Waals surface area contributed by atoms with Crippen molar-refractivity contribution in [2.24, 2.45) is 0 Å². The Kier molecular flexibility index (Phi) is 4.33. The van der Waals surface area contributed by atoms with E-state index < -0.39 is 15.8 Å². The van der Waals surface area contributed by atoms with Crippen LogP contribution >= 0.6 is 11.8 Å². The fourth-order valence-electron chi connectivity index (χ4n) is 1.70. The number of carboxylic acids is 1. The summed E-state index contributed by atoms with van der Waals surface area (Å²) in [6.45, 7) is 1.74. The summed E-state index contributed by atoms with van der Waals surface area (Å²) < 4.78 is 24.6. The molecular weight excluding hydrogens is 314 g/mol. The zero-order chi connectivity index (χ0) is 15.6. The molecule has 0 amide bonds. The minimum Gasteiger partial charge on any atom is -0.481 e. The van der Waals surface area contributed by atoms with Crippen molar-refractivity contribution >= 4 is 27.6 Å². The summed E-state index contributed by atoms with van der Waals surface area (Å²) in [6, 6.07) is 6.26. The van der Waals surface area contributed by atoms with Gasteiger partial charge in [-0.3, -0.25) is 9.36 Å². The third-order valence-electron chi connectivity index (χ3n) is 2.64. The molecule has 1 aromatic heterocycles. The molecule has 0 saturated heterocycles. The van der Waals surface area contributed by atoms with Gasteiger partial charge in [-0.05, 0) is 31.2 Å². The van der Waals surface area contributed by atoms with Crippen LogP contribution in [0.3, 0.4) is 0 Å². The van der Waals surface area contributed by atoms with E-state index in [1.54, 1.807) is 23.6 Å². The highest BCUT2D eigenvalue weighted by molar-refractivity contribution is 7.99.